The summed E-state index contributed by atoms with van der Waals surface area (Å²) in [7, 11) is 0. The number of nitrogens with zero attached hydrogens (tertiary/aromatic N) is 1. The van der Waals surface area contributed by atoms with E-state index in [1.54, 1.807) is 12.1 Å². The van der Waals surface area contributed by atoms with Crippen LogP contribution in [0.25, 0.3) is 0 Å². The summed E-state index contributed by atoms with van der Waals surface area (Å²) in [5.41, 5.74) is 1.81. The van der Waals surface area contributed by atoms with E-state index in [2.05, 4.69) is 12.2 Å². The summed E-state index contributed by atoms with van der Waals surface area (Å²) >= 11 is 0. The topological polar surface area (TPSA) is 55.2 Å². The zero-order chi connectivity index (χ0) is 12.0. The Kier molecular flexibility index (Phi) is 4.76. The Labute approximate surface area is 95.8 Å². The normalized spacial score (nSPS) is 10.1. The van der Waals surface area contributed by atoms with Crippen molar-refractivity contribution in [3.8, 4) is 0 Å². The van der Waals surface area contributed by atoms with Crippen molar-refractivity contribution < 1.29 is 4.92 Å². The van der Waals surface area contributed by atoms with E-state index in [0.717, 1.165) is 31.4 Å². The fourth-order valence-electron chi connectivity index (χ4n) is 1.55. The predicted octanol–water partition coefficient (Wildman–Crippen LogP) is 3.51. The Morgan fingerprint density at radius 2 is 2.12 bits per heavy atom. The average molecular weight is 222 g/mol. The Hall–Kier alpha value is -1.58. The van der Waals surface area contributed by atoms with Gasteiger partial charge >= 0.3 is 0 Å². The maximum atomic E-state index is 10.8. The van der Waals surface area contributed by atoms with Crippen LogP contribution < -0.4 is 5.32 Å². The van der Waals surface area contributed by atoms with Crippen LogP contribution >= 0.6 is 0 Å². The molecule has 4 nitrogen and oxygen atoms in total. The molecule has 1 aromatic carbocycles. The van der Waals surface area contributed by atoms with E-state index < -0.39 is 0 Å². The number of aryl methyl sites for hydroxylation is 1. The summed E-state index contributed by atoms with van der Waals surface area (Å²) in [5.74, 6) is 0. The van der Waals surface area contributed by atoms with Crippen molar-refractivity contribution in [2.75, 3.05) is 11.9 Å². The lowest BCUT2D eigenvalue weighted by Crippen LogP contribution is -2.04. The first-order valence-corrected chi connectivity index (χ1v) is 5.64. The lowest BCUT2D eigenvalue weighted by molar-refractivity contribution is -0.384. The van der Waals surface area contributed by atoms with Crippen molar-refractivity contribution in [2.24, 2.45) is 0 Å². The number of unbranched alkanes of at least 4 members (excludes halogenated alkanes) is 2. The van der Waals surface area contributed by atoms with Crippen molar-refractivity contribution in [1.29, 1.82) is 0 Å². The minimum absolute atomic E-state index is 0.155. The second-order valence-corrected chi connectivity index (χ2v) is 3.91. The summed E-state index contributed by atoms with van der Waals surface area (Å²) in [5, 5.41) is 13.9. The zero-order valence-corrected chi connectivity index (χ0v) is 9.82. The van der Waals surface area contributed by atoms with Gasteiger partial charge in [0, 0.05) is 12.6 Å². The molecule has 0 radical (unpaired) electrons. The molecule has 0 aliphatic heterocycles. The SMILES string of the molecule is CCCCCNc1cc(C)ccc1[N+](=O)[O-]. The Morgan fingerprint density at radius 3 is 2.75 bits per heavy atom. The molecule has 0 aliphatic rings. The molecule has 16 heavy (non-hydrogen) atoms. The van der Waals surface area contributed by atoms with E-state index in [1.807, 2.05) is 13.0 Å². The first-order chi connectivity index (χ1) is 7.65. The van der Waals surface area contributed by atoms with Crippen molar-refractivity contribution in [1.82, 2.24) is 0 Å². The van der Waals surface area contributed by atoms with Gasteiger partial charge in [-0.05, 0) is 25.0 Å². The second-order valence-electron chi connectivity index (χ2n) is 3.91. The molecule has 0 aliphatic carbocycles. The Morgan fingerprint density at radius 1 is 1.38 bits per heavy atom. The molecule has 1 rings (SSSR count). The highest BCUT2D eigenvalue weighted by molar-refractivity contribution is 5.62. The molecule has 1 N–H and O–H groups in total. The third-order valence-corrected chi connectivity index (χ3v) is 2.44. The van der Waals surface area contributed by atoms with Crippen LogP contribution in [-0.4, -0.2) is 11.5 Å². The molecule has 0 saturated heterocycles. The van der Waals surface area contributed by atoms with E-state index >= 15 is 0 Å². The molecular formula is C12H18N2O2. The van der Waals surface area contributed by atoms with Gasteiger partial charge in [0.1, 0.15) is 5.69 Å². The maximum absolute atomic E-state index is 10.8. The van der Waals surface area contributed by atoms with Gasteiger partial charge < -0.3 is 5.32 Å². The van der Waals surface area contributed by atoms with Gasteiger partial charge in [-0.15, -0.1) is 0 Å². The standard InChI is InChI=1S/C12H18N2O2/c1-3-4-5-8-13-11-9-10(2)6-7-12(11)14(15)16/h6-7,9,13H,3-5,8H2,1-2H3. The molecule has 1 aromatic rings. The number of hydrogen-bond acceptors (Lipinski definition) is 3. The molecule has 4 heteroatoms. The van der Waals surface area contributed by atoms with Crippen LogP contribution in [-0.2, 0) is 0 Å². The first kappa shape index (κ1) is 12.5. The Balaban J connectivity index is 2.68. The molecule has 88 valence electrons. The molecule has 0 amide bonds. The lowest BCUT2D eigenvalue weighted by atomic mass is 10.2. The number of nitro benzene ring substituents is 1. The van der Waals surface area contributed by atoms with E-state index in [0.29, 0.717) is 5.69 Å². The highest BCUT2D eigenvalue weighted by Crippen LogP contribution is 2.25. The molecule has 0 unspecified atom stereocenters. The number of benzene rings is 1. The smallest absolute Gasteiger partial charge is 0.292 e. The van der Waals surface area contributed by atoms with Crippen LogP contribution in [0, 0.1) is 17.0 Å². The number of anilines is 1. The van der Waals surface area contributed by atoms with Crippen LogP contribution in [0.1, 0.15) is 31.7 Å². The number of rotatable bonds is 6. The maximum Gasteiger partial charge on any atom is 0.292 e. The summed E-state index contributed by atoms with van der Waals surface area (Å²) in [4.78, 5) is 10.4. The minimum atomic E-state index is -0.346. The van der Waals surface area contributed by atoms with Gasteiger partial charge in [-0.25, -0.2) is 0 Å². The molecule has 0 heterocycles. The van der Waals surface area contributed by atoms with Gasteiger partial charge in [0.25, 0.3) is 5.69 Å². The molecule has 0 saturated carbocycles. The summed E-state index contributed by atoms with van der Waals surface area (Å²) in [6.07, 6.45) is 3.34. The van der Waals surface area contributed by atoms with Gasteiger partial charge in [0.2, 0.25) is 0 Å². The fraction of sp³-hybridized carbons (Fsp3) is 0.500. The summed E-state index contributed by atoms with van der Waals surface area (Å²) < 4.78 is 0. The number of nitrogens with one attached hydrogen (secondary N) is 1. The molecule has 0 fully saturated rings. The molecule has 0 bridgehead atoms. The van der Waals surface area contributed by atoms with Crippen molar-refractivity contribution in [3.63, 3.8) is 0 Å². The van der Waals surface area contributed by atoms with E-state index in [9.17, 15) is 10.1 Å². The van der Waals surface area contributed by atoms with Crippen LogP contribution in [0.3, 0.4) is 0 Å². The lowest BCUT2D eigenvalue weighted by Gasteiger charge is -2.07. The highest BCUT2D eigenvalue weighted by Gasteiger charge is 2.12. The third kappa shape index (κ3) is 3.53. The quantitative estimate of drug-likeness (QED) is 0.455. The summed E-state index contributed by atoms with van der Waals surface area (Å²) in [6, 6.07) is 5.14. The summed E-state index contributed by atoms with van der Waals surface area (Å²) in [6.45, 7) is 4.86. The van der Waals surface area contributed by atoms with Crippen molar-refractivity contribution >= 4 is 11.4 Å². The Bertz CT molecular complexity index is 364. The van der Waals surface area contributed by atoms with Gasteiger partial charge in [-0.2, -0.15) is 0 Å². The van der Waals surface area contributed by atoms with Crippen molar-refractivity contribution in [3.05, 3.63) is 33.9 Å². The van der Waals surface area contributed by atoms with Gasteiger partial charge in [-0.1, -0.05) is 25.8 Å². The van der Waals surface area contributed by atoms with Crippen LogP contribution in [0.5, 0.6) is 0 Å². The van der Waals surface area contributed by atoms with Crippen LogP contribution in [0.4, 0.5) is 11.4 Å². The monoisotopic (exact) mass is 222 g/mol. The van der Waals surface area contributed by atoms with Gasteiger partial charge in [0.15, 0.2) is 0 Å². The van der Waals surface area contributed by atoms with E-state index in [4.69, 9.17) is 0 Å². The second kappa shape index (κ2) is 6.10. The molecule has 0 spiro atoms. The predicted molar refractivity (Wildman–Crippen MR) is 65.8 cm³/mol. The van der Waals surface area contributed by atoms with Gasteiger partial charge in [-0.3, -0.25) is 10.1 Å². The zero-order valence-electron chi connectivity index (χ0n) is 9.82. The third-order valence-electron chi connectivity index (χ3n) is 2.44. The van der Waals surface area contributed by atoms with Gasteiger partial charge in [0.05, 0.1) is 4.92 Å². The fourth-order valence-corrected chi connectivity index (χ4v) is 1.55. The number of nitro groups is 1. The van der Waals surface area contributed by atoms with E-state index in [1.165, 1.54) is 0 Å². The molecule has 0 aromatic heterocycles. The number of hydrogen-bond donors (Lipinski definition) is 1. The highest BCUT2D eigenvalue weighted by atomic mass is 16.6. The molecule has 0 atom stereocenters. The molecular weight excluding hydrogens is 204 g/mol. The minimum Gasteiger partial charge on any atom is -0.379 e. The van der Waals surface area contributed by atoms with Crippen LogP contribution in [0.15, 0.2) is 18.2 Å². The van der Waals surface area contributed by atoms with Crippen LogP contribution in [0.2, 0.25) is 0 Å². The first-order valence-electron chi connectivity index (χ1n) is 5.64. The van der Waals surface area contributed by atoms with E-state index in [-0.39, 0.29) is 10.6 Å². The average Bonchev–Trinajstić information content (AvgIpc) is 2.24. The van der Waals surface area contributed by atoms with Crippen molar-refractivity contribution in [2.45, 2.75) is 33.1 Å². The largest absolute Gasteiger partial charge is 0.379 e.